The van der Waals surface area contributed by atoms with Crippen LogP contribution in [0.2, 0.25) is 0 Å². The molecule has 1 saturated heterocycles. The summed E-state index contributed by atoms with van der Waals surface area (Å²) < 4.78 is 1.26. The van der Waals surface area contributed by atoms with Crippen molar-refractivity contribution in [2.45, 2.75) is 39.3 Å². The van der Waals surface area contributed by atoms with Gasteiger partial charge in [0.05, 0.1) is 10.9 Å². The minimum Gasteiger partial charge on any atom is -0.336 e. The zero-order valence-electron chi connectivity index (χ0n) is 18.5. The van der Waals surface area contributed by atoms with Crippen LogP contribution in [-0.2, 0) is 13.1 Å². The van der Waals surface area contributed by atoms with Gasteiger partial charge in [0.2, 0.25) is 0 Å². The Hall–Kier alpha value is -3.19. The number of unbranched alkanes of at least 4 members (excludes halogenated alkanes) is 2. The van der Waals surface area contributed by atoms with E-state index in [0.29, 0.717) is 36.1 Å². The second-order valence-corrected chi connectivity index (χ2v) is 8.41. The van der Waals surface area contributed by atoms with Crippen molar-refractivity contribution in [3.05, 3.63) is 80.5 Å². The molecule has 3 aromatic rings. The Balaban J connectivity index is 1.45. The van der Waals surface area contributed by atoms with Crippen LogP contribution in [0.15, 0.2) is 58.1 Å². The number of fused-ring (bicyclic) bond motifs is 1. The Labute approximate surface area is 187 Å². The molecule has 0 atom stereocenters. The number of amides is 1. The molecule has 2 heterocycles. The van der Waals surface area contributed by atoms with Gasteiger partial charge in [-0.3, -0.25) is 19.1 Å². The minimum absolute atomic E-state index is 0.0702. The van der Waals surface area contributed by atoms with Crippen molar-refractivity contribution < 1.29 is 4.79 Å². The SMILES string of the molecule is CCCCCn1c(=O)[nH]c2cc(C(=O)N3CCN(Cc4ccccc4)CC3)ccc2c1=O. The second-order valence-electron chi connectivity index (χ2n) is 8.41. The first-order chi connectivity index (χ1) is 15.6. The van der Waals surface area contributed by atoms with Gasteiger partial charge in [0.1, 0.15) is 0 Å². The lowest BCUT2D eigenvalue weighted by Crippen LogP contribution is -2.48. The maximum atomic E-state index is 13.1. The number of carbonyl (C=O) groups excluding carboxylic acids is 1. The normalized spacial score (nSPS) is 14.7. The smallest absolute Gasteiger partial charge is 0.328 e. The van der Waals surface area contributed by atoms with Gasteiger partial charge in [-0.05, 0) is 30.2 Å². The lowest BCUT2D eigenvalue weighted by Gasteiger charge is -2.34. The van der Waals surface area contributed by atoms with Crippen LogP contribution < -0.4 is 11.2 Å². The number of benzene rings is 2. The molecule has 0 aliphatic carbocycles. The third-order valence-electron chi connectivity index (χ3n) is 6.12. The van der Waals surface area contributed by atoms with Gasteiger partial charge in [-0.15, -0.1) is 0 Å². The van der Waals surface area contributed by atoms with Crippen molar-refractivity contribution in [2.24, 2.45) is 0 Å². The molecule has 0 radical (unpaired) electrons. The summed E-state index contributed by atoms with van der Waals surface area (Å²) >= 11 is 0. The fourth-order valence-corrected chi connectivity index (χ4v) is 4.24. The van der Waals surface area contributed by atoms with Crippen molar-refractivity contribution >= 4 is 16.8 Å². The van der Waals surface area contributed by atoms with Crippen LogP contribution in [0.25, 0.3) is 10.9 Å². The van der Waals surface area contributed by atoms with E-state index in [2.05, 4.69) is 28.9 Å². The van der Waals surface area contributed by atoms with Gasteiger partial charge in [0.15, 0.2) is 0 Å². The third kappa shape index (κ3) is 4.83. The first kappa shape index (κ1) is 22.0. The van der Waals surface area contributed by atoms with Crippen LogP contribution in [0.3, 0.4) is 0 Å². The van der Waals surface area contributed by atoms with Crippen LogP contribution in [0, 0.1) is 0 Å². The van der Waals surface area contributed by atoms with Gasteiger partial charge in [-0.2, -0.15) is 0 Å². The summed E-state index contributed by atoms with van der Waals surface area (Å²) in [5.41, 5.74) is 1.46. The molecule has 1 N–H and O–H groups in total. The molecule has 1 aliphatic rings. The highest BCUT2D eigenvalue weighted by molar-refractivity contribution is 5.97. The molecule has 0 unspecified atom stereocenters. The molecule has 0 spiro atoms. The van der Waals surface area contributed by atoms with E-state index < -0.39 is 5.69 Å². The molecular weight excluding hydrogens is 404 g/mol. The molecule has 7 nitrogen and oxygen atoms in total. The van der Waals surface area contributed by atoms with Crippen LogP contribution in [0.4, 0.5) is 0 Å². The summed E-state index contributed by atoms with van der Waals surface area (Å²) in [6.45, 7) is 6.30. The Kier molecular flexibility index (Phi) is 6.85. The Morgan fingerprint density at radius 1 is 0.969 bits per heavy atom. The summed E-state index contributed by atoms with van der Waals surface area (Å²) in [7, 11) is 0. The van der Waals surface area contributed by atoms with Gasteiger partial charge < -0.3 is 9.88 Å². The highest BCUT2D eigenvalue weighted by Gasteiger charge is 2.22. The highest BCUT2D eigenvalue weighted by atomic mass is 16.2. The van der Waals surface area contributed by atoms with Gasteiger partial charge in [-0.25, -0.2) is 4.79 Å². The molecule has 1 amide bonds. The number of piperazine rings is 1. The van der Waals surface area contributed by atoms with Crippen molar-refractivity contribution in [1.82, 2.24) is 19.4 Å². The first-order valence-corrected chi connectivity index (χ1v) is 11.4. The number of H-pyrrole nitrogens is 1. The molecule has 32 heavy (non-hydrogen) atoms. The largest absolute Gasteiger partial charge is 0.336 e. The van der Waals surface area contributed by atoms with Crippen molar-refractivity contribution in [3.8, 4) is 0 Å². The lowest BCUT2D eigenvalue weighted by molar-refractivity contribution is 0.0628. The van der Waals surface area contributed by atoms with Gasteiger partial charge in [0.25, 0.3) is 11.5 Å². The van der Waals surface area contributed by atoms with Gasteiger partial charge in [-0.1, -0.05) is 50.1 Å². The van der Waals surface area contributed by atoms with Crippen LogP contribution in [-0.4, -0.2) is 51.4 Å². The number of nitrogens with zero attached hydrogens (tertiary/aromatic N) is 3. The average Bonchev–Trinajstić information content (AvgIpc) is 2.81. The minimum atomic E-state index is -0.419. The van der Waals surface area contributed by atoms with E-state index >= 15 is 0 Å². The summed E-state index contributed by atoms with van der Waals surface area (Å²) in [5.74, 6) is -0.0702. The van der Waals surface area contributed by atoms with Crippen molar-refractivity contribution in [1.29, 1.82) is 0 Å². The quantitative estimate of drug-likeness (QED) is 0.580. The molecule has 1 fully saturated rings. The fraction of sp³-hybridized carbons (Fsp3) is 0.400. The van der Waals surface area contributed by atoms with Crippen LogP contribution in [0.1, 0.15) is 42.1 Å². The zero-order valence-corrected chi connectivity index (χ0v) is 18.5. The summed E-state index contributed by atoms with van der Waals surface area (Å²) in [6, 6.07) is 15.3. The summed E-state index contributed by atoms with van der Waals surface area (Å²) in [6.07, 6.45) is 2.78. The predicted molar refractivity (Wildman–Crippen MR) is 126 cm³/mol. The van der Waals surface area contributed by atoms with E-state index in [1.165, 1.54) is 10.1 Å². The molecule has 7 heteroatoms. The number of nitrogens with one attached hydrogen (secondary N) is 1. The number of hydrogen-bond acceptors (Lipinski definition) is 4. The van der Waals surface area contributed by atoms with E-state index in [-0.39, 0.29) is 11.5 Å². The van der Waals surface area contributed by atoms with E-state index in [1.54, 1.807) is 18.2 Å². The molecule has 1 aliphatic heterocycles. The Morgan fingerprint density at radius 2 is 1.72 bits per heavy atom. The van der Waals surface area contributed by atoms with Gasteiger partial charge >= 0.3 is 5.69 Å². The molecular formula is C25H30N4O3. The molecule has 4 rings (SSSR count). The lowest BCUT2D eigenvalue weighted by atomic mass is 10.1. The van der Waals surface area contributed by atoms with Crippen LogP contribution >= 0.6 is 0 Å². The number of aromatic nitrogens is 2. The topological polar surface area (TPSA) is 78.4 Å². The molecule has 0 saturated carbocycles. The van der Waals surface area contributed by atoms with E-state index in [9.17, 15) is 14.4 Å². The first-order valence-electron chi connectivity index (χ1n) is 11.4. The number of aromatic amines is 1. The number of carbonyl (C=O) groups is 1. The predicted octanol–water partition coefficient (Wildman–Crippen LogP) is 2.84. The maximum Gasteiger partial charge on any atom is 0.328 e. The fourth-order valence-electron chi connectivity index (χ4n) is 4.24. The summed E-state index contributed by atoms with van der Waals surface area (Å²) in [4.78, 5) is 45.2. The monoisotopic (exact) mass is 434 g/mol. The number of hydrogen-bond donors (Lipinski definition) is 1. The molecule has 0 bridgehead atoms. The Morgan fingerprint density at radius 3 is 2.44 bits per heavy atom. The standard InChI is InChI=1S/C25H30N4O3/c1-2-3-7-12-29-24(31)21-11-10-20(17-22(21)26-25(29)32)23(30)28-15-13-27(14-16-28)18-19-8-5-4-6-9-19/h4-6,8-11,17H,2-3,7,12-16,18H2,1H3,(H,26,32). The molecule has 2 aromatic carbocycles. The molecule has 168 valence electrons. The second kappa shape index (κ2) is 9.96. The van der Waals surface area contributed by atoms with Gasteiger partial charge in [0, 0.05) is 44.8 Å². The van der Waals surface area contributed by atoms with E-state index in [0.717, 1.165) is 38.9 Å². The van der Waals surface area contributed by atoms with Crippen molar-refractivity contribution in [2.75, 3.05) is 26.2 Å². The number of rotatable bonds is 7. The zero-order chi connectivity index (χ0) is 22.5. The third-order valence-corrected chi connectivity index (χ3v) is 6.12. The summed E-state index contributed by atoms with van der Waals surface area (Å²) in [5, 5.41) is 0.435. The Bertz CT molecular complexity index is 1190. The molecule has 1 aromatic heterocycles. The maximum absolute atomic E-state index is 13.1. The van der Waals surface area contributed by atoms with Crippen molar-refractivity contribution in [3.63, 3.8) is 0 Å². The highest BCUT2D eigenvalue weighted by Crippen LogP contribution is 2.15. The van der Waals surface area contributed by atoms with Crippen LogP contribution in [0.5, 0.6) is 0 Å². The average molecular weight is 435 g/mol. The van der Waals surface area contributed by atoms with E-state index in [4.69, 9.17) is 0 Å². The van der Waals surface area contributed by atoms with E-state index in [1.807, 2.05) is 23.1 Å².